The molecule has 0 atom stereocenters. The number of hydrogen-bond donors (Lipinski definition) is 2. The molecule has 3 heterocycles. The maximum absolute atomic E-state index is 12.1. The van der Waals surface area contributed by atoms with Gasteiger partial charge in [-0.3, -0.25) is 20.1 Å². The smallest absolute Gasteiger partial charge is 0.254 e. The molecule has 1 aromatic carbocycles. The number of benzene rings is 1. The van der Waals surface area contributed by atoms with Crippen LogP contribution in [0.25, 0.3) is 11.1 Å². The average molecular weight is 403 g/mol. The molecular weight excluding hydrogens is 382 g/mol. The first-order valence-electron chi connectivity index (χ1n) is 9.40. The van der Waals surface area contributed by atoms with E-state index in [1.165, 1.54) is 0 Å². The van der Waals surface area contributed by atoms with Gasteiger partial charge in [0, 0.05) is 41.0 Å². The highest BCUT2D eigenvalue weighted by Crippen LogP contribution is 2.31. The SMILES string of the molecule is COc1ccncc1-c1ccc(N)c(C(=N)c2ccnc(N3CCOCC3=O)c2)c1. The van der Waals surface area contributed by atoms with Crippen LogP contribution in [0.15, 0.2) is 55.0 Å². The zero-order valence-electron chi connectivity index (χ0n) is 16.5. The lowest BCUT2D eigenvalue weighted by Crippen LogP contribution is -2.42. The normalized spacial score (nSPS) is 13.9. The number of nitrogen functional groups attached to an aromatic ring is 1. The van der Waals surface area contributed by atoms with Crippen molar-refractivity contribution in [3.05, 3.63) is 66.1 Å². The number of hydrogen-bond acceptors (Lipinski definition) is 7. The van der Waals surface area contributed by atoms with Gasteiger partial charge in [-0.1, -0.05) is 6.07 Å². The summed E-state index contributed by atoms with van der Waals surface area (Å²) < 4.78 is 10.6. The number of carbonyl (C=O) groups excluding carboxylic acids is 1. The number of rotatable bonds is 5. The van der Waals surface area contributed by atoms with Crippen molar-refractivity contribution >= 4 is 23.1 Å². The van der Waals surface area contributed by atoms with E-state index in [-0.39, 0.29) is 18.2 Å². The van der Waals surface area contributed by atoms with Gasteiger partial charge >= 0.3 is 0 Å². The lowest BCUT2D eigenvalue weighted by molar-refractivity contribution is -0.125. The van der Waals surface area contributed by atoms with E-state index in [1.807, 2.05) is 12.1 Å². The molecule has 8 heteroatoms. The molecule has 8 nitrogen and oxygen atoms in total. The van der Waals surface area contributed by atoms with Crippen molar-refractivity contribution in [3.63, 3.8) is 0 Å². The first kappa shape index (κ1) is 19.5. The van der Waals surface area contributed by atoms with Gasteiger partial charge in [0.1, 0.15) is 18.2 Å². The Morgan fingerprint density at radius 1 is 1.23 bits per heavy atom. The fourth-order valence-electron chi connectivity index (χ4n) is 3.35. The number of aromatic nitrogens is 2. The van der Waals surface area contributed by atoms with Gasteiger partial charge in [-0.05, 0) is 35.9 Å². The molecule has 1 aliphatic heterocycles. The Kier molecular flexibility index (Phi) is 5.40. The molecule has 3 N–H and O–H groups in total. The van der Waals surface area contributed by atoms with E-state index >= 15 is 0 Å². The van der Waals surface area contributed by atoms with E-state index in [0.717, 1.165) is 11.1 Å². The van der Waals surface area contributed by atoms with Crippen molar-refractivity contribution in [2.24, 2.45) is 0 Å². The van der Waals surface area contributed by atoms with Crippen molar-refractivity contribution in [2.45, 2.75) is 0 Å². The lowest BCUT2D eigenvalue weighted by atomic mass is 9.96. The molecule has 30 heavy (non-hydrogen) atoms. The lowest BCUT2D eigenvalue weighted by Gasteiger charge is -2.26. The summed E-state index contributed by atoms with van der Waals surface area (Å²) in [6.07, 6.45) is 4.96. The topological polar surface area (TPSA) is 114 Å². The zero-order valence-corrected chi connectivity index (χ0v) is 16.5. The predicted molar refractivity (Wildman–Crippen MR) is 114 cm³/mol. The first-order valence-corrected chi connectivity index (χ1v) is 9.40. The van der Waals surface area contributed by atoms with E-state index in [4.69, 9.17) is 20.6 Å². The van der Waals surface area contributed by atoms with Gasteiger partial charge < -0.3 is 15.2 Å². The van der Waals surface area contributed by atoms with Crippen molar-refractivity contribution in [1.82, 2.24) is 9.97 Å². The molecule has 2 aromatic heterocycles. The number of nitrogens with one attached hydrogen (secondary N) is 1. The van der Waals surface area contributed by atoms with Gasteiger partial charge in [-0.2, -0.15) is 0 Å². The number of morpholine rings is 1. The minimum absolute atomic E-state index is 0.0330. The zero-order chi connectivity index (χ0) is 21.1. The van der Waals surface area contributed by atoms with Gasteiger partial charge in [-0.15, -0.1) is 0 Å². The van der Waals surface area contributed by atoms with Crippen LogP contribution in [0.3, 0.4) is 0 Å². The highest BCUT2D eigenvalue weighted by Gasteiger charge is 2.22. The van der Waals surface area contributed by atoms with Crippen LogP contribution in [0, 0.1) is 5.41 Å². The molecule has 4 rings (SSSR count). The molecule has 152 valence electrons. The Balaban J connectivity index is 1.70. The molecular formula is C22H21N5O3. The average Bonchev–Trinajstić information content (AvgIpc) is 2.79. The molecule has 0 aliphatic carbocycles. The summed E-state index contributed by atoms with van der Waals surface area (Å²) in [5, 5.41) is 8.75. The van der Waals surface area contributed by atoms with Gasteiger partial charge in [0.2, 0.25) is 0 Å². The van der Waals surface area contributed by atoms with E-state index in [0.29, 0.717) is 41.5 Å². The van der Waals surface area contributed by atoms with Crippen LogP contribution < -0.4 is 15.4 Å². The second-order valence-corrected chi connectivity index (χ2v) is 6.75. The van der Waals surface area contributed by atoms with E-state index in [9.17, 15) is 4.79 Å². The van der Waals surface area contributed by atoms with Crippen LogP contribution in [0.5, 0.6) is 5.75 Å². The summed E-state index contributed by atoms with van der Waals surface area (Å²) in [7, 11) is 1.60. The molecule has 0 spiro atoms. The standard InChI is InChI=1S/C22H21N5O3/c1-29-19-5-6-25-12-17(19)14-2-3-18(23)16(10-14)22(24)15-4-7-26-20(11-15)27-8-9-30-13-21(27)28/h2-7,10-12,24H,8-9,13,23H2,1H3. The van der Waals surface area contributed by atoms with Crippen LogP contribution in [-0.4, -0.2) is 48.5 Å². The third kappa shape index (κ3) is 3.72. The molecule has 1 amide bonds. The fraction of sp³-hybridized carbons (Fsp3) is 0.182. The van der Waals surface area contributed by atoms with Crippen LogP contribution in [0.2, 0.25) is 0 Å². The highest BCUT2D eigenvalue weighted by atomic mass is 16.5. The summed E-state index contributed by atoms with van der Waals surface area (Å²) in [6.45, 7) is 0.920. The number of pyridine rings is 2. The Bertz CT molecular complexity index is 1120. The number of nitrogens with two attached hydrogens (primary N) is 1. The van der Waals surface area contributed by atoms with E-state index in [2.05, 4.69) is 9.97 Å². The molecule has 1 fully saturated rings. The van der Waals surface area contributed by atoms with Crippen LogP contribution in [0.1, 0.15) is 11.1 Å². The first-order chi connectivity index (χ1) is 14.6. The predicted octanol–water partition coefficient (Wildman–Crippen LogP) is 2.51. The highest BCUT2D eigenvalue weighted by molar-refractivity contribution is 6.14. The summed E-state index contributed by atoms with van der Waals surface area (Å²) in [5.41, 5.74) is 9.74. The number of carbonyl (C=O) groups is 1. The fourth-order valence-corrected chi connectivity index (χ4v) is 3.35. The minimum Gasteiger partial charge on any atom is -0.496 e. The van der Waals surface area contributed by atoms with Crippen molar-refractivity contribution in [2.75, 3.05) is 37.5 Å². The van der Waals surface area contributed by atoms with Crippen LogP contribution in [0.4, 0.5) is 11.5 Å². The summed E-state index contributed by atoms with van der Waals surface area (Å²) >= 11 is 0. The molecule has 0 unspecified atom stereocenters. The molecule has 1 saturated heterocycles. The number of methoxy groups -OCH3 is 1. The maximum atomic E-state index is 12.1. The monoisotopic (exact) mass is 403 g/mol. The number of ether oxygens (including phenoxy) is 2. The Labute approximate surface area is 173 Å². The summed E-state index contributed by atoms with van der Waals surface area (Å²) in [6, 6.07) is 10.7. The molecule has 3 aromatic rings. The number of amides is 1. The molecule has 0 saturated carbocycles. The third-order valence-electron chi connectivity index (χ3n) is 4.93. The molecule has 0 bridgehead atoms. The second-order valence-electron chi connectivity index (χ2n) is 6.75. The molecule has 0 radical (unpaired) electrons. The third-order valence-corrected chi connectivity index (χ3v) is 4.93. The summed E-state index contributed by atoms with van der Waals surface area (Å²) in [5.74, 6) is 1.03. The van der Waals surface area contributed by atoms with Crippen LogP contribution in [-0.2, 0) is 9.53 Å². The van der Waals surface area contributed by atoms with E-state index in [1.54, 1.807) is 54.9 Å². The Morgan fingerprint density at radius 2 is 2.10 bits per heavy atom. The Hall–Kier alpha value is -3.78. The summed E-state index contributed by atoms with van der Waals surface area (Å²) in [4.78, 5) is 22.2. The van der Waals surface area contributed by atoms with Gasteiger partial charge in [0.15, 0.2) is 0 Å². The largest absolute Gasteiger partial charge is 0.496 e. The molecule has 1 aliphatic rings. The van der Waals surface area contributed by atoms with Crippen LogP contribution >= 0.6 is 0 Å². The second kappa shape index (κ2) is 8.30. The van der Waals surface area contributed by atoms with Crippen molar-refractivity contribution in [3.8, 4) is 16.9 Å². The maximum Gasteiger partial charge on any atom is 0.254 e. The number of nitrogens with zero attached hydrogens (tertiary/aromatic N) is 3. The quantitative estimate of drug-likeness (QED) is 0.500. The van der Waals surface area contributed by atoms with Crippen molar-refractivity contribution < 1.29 is 14.3 Å². The van der Waals surface area contributed by atoms with Crippen molar-refractivity contribution in [1.29, 1.82) is 5.41 Å². The Morgan fingerprint density at radius 3 is 2.90 bits per heavy atom. The van der Waals surface area contributed by atoms with E-state index < -0.39 is 0 Å². The van der Waals surface area contributed by atoms with Gasteiger partial charge in [-0.25, -0.2) is 4.98 Å². The number of anilines is 2. The van der Waals surface area contributed by atoms with Gasteiger partial charge in [0.05, 0.1) is 26.0 Å². The minimum atomic E-state index is -0.150. The van der Waals surface area contributed by atoms with Gasteiger partial charge in [0.25, 0.3) is 5.91 Å².